The smallest absolute Gasteiger partial charge is 0.414 e. The summed E-state index contributed by atoms with van der Waals surface area (Å²) in [5.74, 6) is -0.0482. The first-order chi connectivity index (χ1) is 9.32. The molecule has 106 valence electrons. The van der Waals surface area contributed by atoms with Crippen molar-refractivity contribution in [3.63, 3.8) is 0 Å². The maximum atomic E-state index is 12.4. The number of hydrogen-bond acceptors (Lipinski definition) is 4. The standard InChI is InChI=1S/C15H17NO4/c1-14(2,3)20-13(18)16-8-15(9-19-15)12(17)10-6-4-5-7-11(10)16/h4-7H,8-9H2,1-3H3. The summed E-state index contributed by atoms with van der Waals surface area (Å²) >= 11 is 0. The molecule has 1 spiro atoms. The minimum Gasteiger partial charge on any atom is -0.443 e. The van der Waals surface area contributed by atoms with Crippen LogP contribution < -0.4 is 4.90 Å². The van der Waals surface area contributed by atoms with Gasteiger partial charge >= 0.3 is 6.09 Å². The van der Waals surface area contributed by atoms with Gasteiger partial charge in [0.05, 0.1) is 18.8 Å². The lowest BCUT2D eigenvalue weighted by atomic mass is 9.91. The predicted molar refractivity (Wildman–Crippen MR) is 73.0 cm³/mol. The van der Waals surface area contributed by atoms with Gasteiger partial charge in [-0.2, -0.15) is 0 Å². The zero-order valence-electron chi connectivity index (χ0n) is 11.8. The van der Waals surface area contributed by atoms with Crippen LogP contribution in [0.3, 0.4) is 0 Å². The highest BCUT2D eigenvalue weighted by Crippen LogP contribution is 2.41. The first-order valence-electron chi connectivity index (χ1n) is 6.61. The summed E-state index contributed by atoms with van der Waals surface area (Å²) in [4.78, 5) is 26.2. The number of carbonyl (C=O) groups is 2. The summed E-state index contributed by atoms with van der Waals surface area (Å²) in [5.41, 5.74) is -0.328. The SMILES string of the molecule is CC(C)(C)OC(=O)N1CC2(CO2)C(=O)c2ccccc21. The van der Waals surface area contributed by atoms with Crippen LogP contribution in [0.1, 0.15) is 31.1 Å². The van der Waals surface area contributed by atoms with E-state index in [4.69, 9.17) is 9.47 Å². The van der Waals surface area contributed by atoms with Crippen molar-refractivity contribution in [3.05, 3.63) is 29.8 Å². The van der Waals surface area contributed by atoms with Gasteiger partial charge in [-0.3, -0.25) is 9.69 Å². The Kier molecular flexibility index (Phi) is 2.66. The van der Waals surface area contributed by atoms with E-state index in [0.29, 0.717) is 17.9 Å². The molecule has 1 saturated heterocycles. The lowest BCUT2D eigenvalue weighted by molar-refractivity contribution is 0.0562. The normalized spacial score (nSPS) is 24.6. The highest BCUT2D eigenvalue weighted by molar-refractivity contribution is 6.13. The number of para-hydroxylation sites is 1. The van der Waals surface area contributed by atoms with E-state index in [1.165, 1.54) is 4.90 Å². The molecule has 1 fully saturated rings. The van der Waals surface area contributed by atoms with Crippen molar-refractivity contribution in [1.82, 2.24) is 0 Å². The number of carbonyl (C=O) groups excluding carboxylic acids is 2. The summed E-state index contributed by atoms with van der Waals surface area (Å²) in [6.45, 7) is 6.02. The van der Waals surface area contributed by atoms with E-state index in [0.717, 1.165) is 0 Å². The molecular weight excluding hydrogens is 258 g/mol. The number of amides is 1. The van der Waals surface area contributed by atoms with Crippen molar-refractivity contribution in [1.29, 1.82) is 0 Å². The van der Waals surface area contributed by atoms with Crippen molar-refractivity contribution in [2.45, 2.75) is 32.0 Å². The first-order valence-corrected chi connectivity index (χ1v) is 6.61. The van der Waals surface area contributed by atoms with Crippen molar-refractivity contribution in [2.75, 3.05) is 18.1 Å². The number of fused-ring (bicyclic) bond motifs is 1. The maximum Gasteiger partial charge on any atom is 0.414 e. The molecule has 0 radical (unpaired) electrons. The van der Waals surface area contributed by atoms with Crippen molar-refractivity contribution < 1.29 is 19.1 Å². The van der Waals surface area contributed by atoms with Crippen LogP contribution in [-0.4, -0.2) is 36.2 Å². The fourth-order valence-electron chi connectivity index (χ4n) is 2.35. The fourth-order valence-corrected chi connectivity index (χ4v) is 2.35. The Balaban J connectivity index is 1.98. The molecule has 0 aliphatic carbocycles. The molecule has 0 aromatic heterocycles. The van der Waals surface area contributed by atoms with Crippen LogP contribution in [-0.2, 0) is 9.47 Å². The number of ether oxygens (including phenoxy) is 2. The first kappa shape index (κ1) is 13.1. The average molecular weight is 275 g/mol. The molecular formula is C15H17NO4. The van der Waals surface area contributed by atoms with E-state index in [9.17, 15) is 9.59 Å². The molecule has 1 atom stereocenters. The van der Waals surface area contributed by atoms with E-state index in [-0.39, 0.29) is 12.3 Å². The van der Waals surface area contributed by atoms with E-state index in [2.05, 4.69) is 0 Å². The van der Waals surface area contributed by atoms with Crippen LogP contribution in [0.25, 0.3) is 0 Å². The number of nitrogens with zero attached hydrogens (tertiary/aromatic N) is 1. The minimum atomic E-state index is -0.856. The fraction of sp³-hybridized carbons (Fsp3) is 0.467. The number of anilines is 1. The summed E-state index contributed by atoms with van der Waals surface area (Å²) in [5, 5.41) is 0. The second kappa shape index (κ2) is 4.06. The third-order valence-electron chi connectivity index (χ3n) is 3.37. The van der Waals surface area contributed by atoms with E-state index in [1.54, 1.807) is 24.3 Å². The predicted octanol–water partition coefficient (Wildman–Crippen LogP) is 2.39. The monoisotopic (exact) mass is 275 g/mol. The summed E-state index contributed by atoms with van der Waals surface area (Å²) in [6.07, 6.45) is -0.452. The molecule has 5 nitrogen and oxygen atoms in total. The van der Waals surface area contributed by atoms with Crippen LogP contribution >= 0.6 is 0 Å². The molecule has 2 aliphatic heterocycles. The topological polar surface area (TPSA) is 59.1 Å². The quantitative estimate of drug-likeness (QED) is 0.682. The third kappa shape index (κ3) is 2.08. The van der Waals surface area contributed by atoms with E-state index in [1.807, 2.05) is 20.8 Å². The number of epoxide rings is 1. The van der Waals surface area contributed by atoms with Crippen LogP contribution in [0.4, 0.5) is 10.5 Å². The summed E-state index contributed by atoms with van der Waals surface area (Å²) in [6, 6.07) is 7.06. The number of rotatable bonds is 0. The van der Waals surface area contributed by atoms with Crippen LogP contribution in [0.15, 0.2) is 24.3 Å². The molecule has 20 heavy (non-hydrogen) atoms. The molecule has 1 amide bonds. The van der Waals surface area contributed by atoms with Gasteiger partial charge in [-0.05, 0) is 32.9 Å². The number of hydrogen-bond donors (Lipinski definition) is 0. The largest absolute Gasteiger partial charge is 0.443 e. The molecule has 0 saturated carbocycles. The van der Waals surface area contributed by atoms with Gasteiger partial charge < -0.3 is 9.47 Å². The molecule has 3 rings (SSSR count). The van der Waals surface area contributed by atoms with Crippen molar-refractivity contribution >= 4 is 17.6 Å². The van der Waals surface area contributed by atoms with Crippen molar-refractivity contribution in [2.24, 2.45) is 0 Å². The van der Waals surface area contributed by atoms with E-state index >= 15 is 0 Å². The lowest BCUT2D eigenvalue weighted by Gasteiger charge is -2.33. The molecule has 1 unspecified atom stereocenters. The Morgan fingerprint density at radius 1 is 1.35 bits per heavy atom. The van der Waals surface area contributed by atoms with Gasteiger partial charge in [-0.15, -0.1) is 0 Å². The van der Waals surface area contributed by atoms with Gasteiger partial charge in [0.25, 0.3) is 0 Å². The van der Waals surface area contributed by atoms with Crippen LogP contribution in [0.2, 0.25) is 0 Å². The van der Waals surface area contributed by atoms with Gasteiger partial charge in [0.15, 0.2) is 5.60 Å². The van der Waals surface area contributed by atoms with Gasteiger partial charge in [0, 0.05) is 5.56 Å². The third-order valence-corrected chi connectivity index (χ3v) is 3.37. The van der Waals surface area contributed by atoms with Crippen LogP contribution in [0.5, 0.6) is 0 Å². The second-order valence-electron chi connectivity index (χ2n) is 6.20. The highest BCUT2D eigenvalue weighted by atomic mass is 16.6. The zero-order chi connectivity index (χ0) is 14.5. The van der Waals surface area contributed by atoms with Gasteiger partial charge in [-0.25, -0.2) is 4.79 Å². The molecule has 1 aromatic carbocycles. The molecule has 0 N–H and O–H groups in total. The zero-order valence-corrected chi connectivity index (χ0v) is 11.8. The van der Waals surface area contributed by atoms with Crippen molar-refractivity contribution in [3.8, 4) is 0 Å². The Labute approximate surface area is 117 Å². The number of ketones is 1. The molecule has 5 heteroatoms. The van der Waals surface area contributed by atoms with Gasteiger partial charge in [0.1, 0.15) is 5.60 Å². The Bertz CT molecular complexity index is 584. The number of Topliss-reactive ketones (excluding diaryl/α,β-unsaturated/α-hetero) is 1. The Morgan fingerprint density at radius 2 is 2.00 bits per heavy atom. The maximum absolute atomic E-state index is 12.4. The van der Waals surface area contributed by atoms with Gasteiger partial charge in [-0.1, -0.05) is 12.1 Å². The lowest BCUT2D eigenvalue weighted by Crippen LogP contribution is -2.49. The summed E-state index contributed by atoms with van der Waals surface area (Å²) < 4.78 is 10.7. The Morgan fingerprint density at radius 3 is 2.60 bits per heavy atom. The summed E-state index contributed by atoms with van der Waals surface area (Å²) in [7, 11) is 0. The molecule has 1 aromatic rings. The Hall–Kier alpha value is -1.88. The van der Waals surface area contributed by atoms with Gasteiger partial charge in [0.2, 0.25) is 5.78 Å². The molecule has 0 bridgehead atoms. The molecule has 2 aliphatic rings. The van der Waals surface area contributed by atoms with Crippen LogP contribution in [0, 0.1) is 0 Å². The minimum absolute atomic E-state index is 0.0482. The average Bonchev–Trinajstić information content (AvgIpc) is 3.13. The number of benzene rings is 1. The highest BCUT2D eigenvalue weighted by Gasteiger charge is 2.57. The van der Waals surface area contributed by atoms with E-state index < -0.39 is 17.3 Å². The second-order valence-corrected chi connectivity index (χ2v) is 6.20. The molecule has 2 heterocycles.